The molecule has 126 valence electrons. The van der Waals surface area contributed by atoms with Gasteiger partial charge in [-0.1, -0.05) is 44.2 Å². The van der Waals surface area contributed by atoms with Crippen LogP contribution in [-0.2, 0) is 24.1 Å². The molecule has 0 amide bonds. The second-order valence-corrected chi connectivity index (χ2v) is 7.82. The van der Waals surface area contributed by atoms with Gasteiger partial charge in [0, 0.05) is 39.6 Å². The monoisotopic (exact) mass is 326 g/mol. The molecule has 0 aliphatic rings. The zero-order chi connectivity index (χ0) is 16.1. The Morgan fingerprint density at radius 1 is 0.818 bits per heavy atom. The van der Waals surface area contributed by atoms with Crippen molar-refractivity contribution < 1.29 is 18.0 Å². The smallest absolute Gasteiger partial charge is 0.385 e. The molecule has 0 N–H and O–H groups in total. The van der Waals surface area contributed by atoms with E-state index in [4.69, 9.17) is 18.0 Å². The maximum absolute atomic E-state index is 6.15. The predicted molar refractivity (Wildman–Crippen MR) is 90.8 cm³/mol. The van der Waals surface area contributed by atoms with Crippen LogP contribution < -0.4 is 0 Å². The summed E-state index contributed by atoms with van der Waals surface area (Å²) in [5, 5.41) is 0. The molecule has 0 heterocycles. The van der Waals surface area contributed by atoms with Crippen LogP contribution in [0, 0.1) is 0 Å². The van der Waals surface area contributed by atoms with Crippen LogP contribution in [0.5, 0.6) is 0 Å². The van der Waals surface area contributed by atoms with E-state index >= 15 is 0 Å². The zero-order valence-corrected chi connectivity index (χ0v) is 15.2. The SMILES string of the molecule is CCCO[Si](Cc1ccccc1)(OCCC)OCCCOC. The van der Waals surface area contributed by atoms with Crippen LogP contribution in [0.1, 0.15) is 38.7 Å². The van der Waals surface area contributed by atoms with E-state index in [0.717, 1.165) is 25.3 Å². The summed E-state index contributed by atoms with van der Waals surface area (Å²) in [5.41, 5.74) is 1.20. The fourth-order valence-corrected chi connectivity index (χ4v) is 4.85. The molecule has 0 fully saturated rings. The molecule has 4 nitrogen and oxygen atoms in total. The first kappa shape index (κ1) is 19.3. The van der Waals surface area contributed by atoms with Gasteiger partial charge in [0.2, 0.25) is 0 Å². The lowest BCUT2D eigenvalue weighted by atomic mass is 10.2. The molecule has 1 aromatic rings. The Bertz CT molecular complexity index is 364. The Labute approximate surface area is 136 Å². The van der Waals surface area contributed by atoms with Crippen LogP contribution in [0.3, 0.4) is 0 Å². The van der Waals surface area contributed by atoms with E-state index in [2.05, 4.69) is 26.0 Å². The van der Waals surface area contributed by atoms with Gasteiger partial charge in [-0.3, -0.25) is 0 Å². The number of methoxy groups -OCH3 is 1. The first-order chi connectivity index (χ1) is 10.8. The summed E-state index contributed by atoms with van der Waals surface area (Å²) < 4.78 is 23.5. The lowest BCUT2D eigenvalue weighted by Gasteiger charge is -2.30. The third-order valence-corrected chi connectivity index (χ3v) is 5.90. The van der Waals surface area contributed by atoms with Crippen LogP contribution >= 0.6 is 0 Å². The van der Waals surface area contributed by atoms with Gasteiger partial charge >= 0.3 is 8.80 Å². The summed E-state index contributed by atoms with van der Waals surface area (Å²) in [5.74, 6) is 0. The summed E-state index contributed by atoms with van der Waals surface area (Å²) in [4.78, 5) is 0. The summed E-state index contributed by atoms with van der Waals surface area (Å²) >= 11 is 0. The van der Waals surface area contributed by atoms with E-state index < -0.39 is 8.80 Å². The highest BCUT2D eigenvalue weighted by Crippen LogP contribution is 2.18. The quantitative estimate of drug-likeness (QED) is 0.410. The number of benzene rings is 1. The third-order valence-electron chi connectivity index (χ3n) is 3.13. The van der Waals surface area contributed by atoms with Gasteiger partial charge in [0.05, 0.1) is 0 Å². The van der Waals surface area contributed by atoms with Gasteiger partial charge in [0.1, 0.15) is 0 Å². The lowest BCUT2D eigenvalue weighted by Crippen LogP contribution is -2.49. The molecule has 1 aromatic carbocycles. The Morgan fingerprint density at radius 3 is 1.95 bits per heavy atom. The van der Waals surface area contributed by atoms with Gasteiger partial charge in [-0.05, 0) is 24.8 Å². The molecule has 0 radical (unpaired) electrons. The van der Waals surface area contributed by atoms with Gasteiger partial charge in [0.15, 0.2) is 0 Å². The van der Waals surface area contributed by atoms with Crippen LogP contribution in [0.15, 0.2) is 30.3 Å². The van der Waals surface area contributed by atoms with Crippen LogP contribution in [-0.4, -0.2) is 42.3 Å². The predicted octanol–water partition coefficient (Wildman–Crippen LogP) is 3.61. The molecule has 1 rings (SSSR count). The van der Waals surface area contributed by atoms with Crippen molar-refractivity contribution in [2.24, 2.45) is 0 Å². The van der Waals surface area contributed by atoms with E-state index in [1.807, 2.05) is 18.2 Å². The molecule has 0 atom stereocenters. The zero-order valence-electron chi connectivity index (χ0n) is 14.2. The van der Waals surface area contributed by atoms with Crippen molar-refractivity contribution in [1.29, 1.82) is 0 Å². The molecule has 0 unspecified atom stereocenters. The van der Waals surface area contributed by atoms with Gasteiger partial charge in [-0.25, -0.2) is 0 Å². The Kier molecular flexibility index (Phi) is 10.4. The van der Waals surface area contributed by atoms with Crippen molar-refractivity contribution in [2.75, 3.05) is 33.5 Å². The molecule has 0 bridgehead atoms. The maximum atomic E-state index is 6.15. The Balaban J connectivity index is 2.76. The third kappa shape index (κ3) is 7.51. The summed E-state index contributed by atoms with van der Waals surface area (Å²) in [6, 6.07) is 11.0. The van der Waals surface area contributed by atoms with Crippen molar-refractivity contribution in [1.82, 2.24) is 0 Å². The average molecular weight is 327 g/mol. The van der Waals surface area contributed by atoms with Gasteiger partial charge in [0.25, 0.3) is 0 Å². The second kappa shape index (κ2) is 11.8. The van der Waals surface area contributed by atoms with Crippen molar-refractivity contribution >= 4 is 8.80 Å². The summed E-state index contributed by atoms with van der Waals surface area (Å²) in [6.07, 6.45) is 2.77. The maximum Gasteiger partial charge on any atom is 0.505 e. The minimum atomic E-state index is -2.68. The number of rotatable bonds is 13. The Morgan fingerprint density at radius 2 is 1.41 bits per heavy atom. The van der Waals surface area contributed by atoms with Crippen molar-refractivity contribution in [3.63, 3.8) is 0 Å². The van der Waals surface area contributed by atoms with E-state index in [-0.39, 0.29) is 0 Å². The van der Waals surface area contributed by atoms with E-state index in [1.165, 1.54) is 5.56 Å². The minimum Gasteiger partial charge on any atom is -0.385 e. The van der Waals surface area contributed by atoms with E-state index in [1.54, 1.807) is 7.11 Å². The average Bonchev–Trinajstić information content (AvgIpc) is 2.56. The summed E-state index contributed by atoms with van der Waals surface area (Å²) in [6.45, 7) is 6.86. The first-order valence-electron chi connectivity index (χ1n) is 8.21. The van der Waals surface area contributed by atoms with Crippen LogP contribution in [0.2, 0.25) is 0 Å². The highest BCUT2D eigenvalue weighted by Gasteiger charge is 2.41. The van der Waals surface area contributed by atoms with Crippen LogP contribution in [0.25, 0.3) is 0 Å². The van der Waals surface area contributed by atoms with Crippen molar-refractivity contribution in [2.45, 2.75) is 39.2 Å². The number of hydrogen-bond acceptors (Lipinski definition) is 4. The van der Waals surface area contributed by atoms with Gasteiger partial charge in [-0.15, -0.1) is 0 Å². The molecule has 0 aliphatic heterocycles. The van der Waals surface area contributed by atoms with E-state index in [0.29, 0.717) is 26.4 Å². The largest absolute Gasteiger partial charge is 0.505 e. The van der Waals surface area contributed by atoms with Gasteiger partial charge < -0.3 is 18.0 Å². The number of hydrogen-bond donors (Lipinski definition) is 0. The van der Waals surface area contributed by atoms with Crippen molar-refractivity contribution in [3.8, 4) is 0 Å². The fourth-order valence-electron chi connectivity index (χ4n) is 2.07. The normalized spacial score (nSPS) is 11.8. The standard InChI is InChI=1S/C17H30O4Si/c1-4-12-19-22(20-13-5-2,21-15-9-14-18-3)16-17-10-7-6-8-11-17/h6-8,10-11H,4-5,9,12-16H2,1-3H3. The molecule has 0 spiro atoms. The summed E-state index contributed by atoms with van der Waals surface area (Å²) in [7, 11) is -0.980. The highest BCUT2D eigenvalue weighted by molar-refractivity contribution is 6.60. The molecular formula is C17H30O4Si. The molecule has 0 saturated carbocycles. The molecular weight excluding hydrogens is 296 g/mol. The second-order valence-electron chi connectivity index (χ2n) is 5.24. The molecule has 0 aliphatic carbocycles. The van der Waals surface area contributed by atoms with Gasteiger partial charge in [-0.2, -0.15) is 0 Å². The minimum absolute atomic E-state index is 0.611. The molecule has 5 heteroatoms. The molecule has 0 aromatic heterocycles. The lowest BCUT2D eigenvalue weighted by molar-refractivity contribution is 0.0515. The Hall–Kier alpha value is -0.723. The first-order valence-corrected chi connectivity index (χ1v) is 10.1. The molecule has 22 heavy (non-hydrogen) atoms. The molecule has 0 saturated heterocycles. The highest BCUT2D eigenvalue weighted by atomic mass is 28.4. The van der Waals surface area contributed by atoms with E-state index in [9.17, 15) is 0 Å². The topological polar surface area (TPSA) is 36.9 Å². The number of ether oxygens (including phenoxy) is 1. The fraction of sp³-hybridized carbons (Fsp3) is 0.647. The van der Waals surface area contributed by atoms with Crippen LogP contribution in [0.4, 0.5) is 0 Å². The van der Waals surface area contributed by atoms with Crippen molar-refractivity contribution in [3.05, 3.63) is 35.9 Å².